The number of thioether (sulfide) groups is 1. The topological polar surface area (TPSA) is 68.4 Å². The lowest BCUT2D eigenvalue weighted by molar-refractivity contribution is -0.384. The summed E-state index contributed by atoms with van der Waals surface area (Å²) in [4.78, 5) is 24.6. The molecule has 1 fully saturated rings. The molecule has 2 aromatic carbocycles. The molecule has 0 radical (unpaired) electrons. The van der Waals surface area contributed by atoms with Crippen LogP contribution >= 0.6 is 24.0 Å². The minimum absolute atomic E-state index is 0.0384. The molecule has 0 unspecified atom stereocenters. The fraction of sp³-hybridized carbons (Fsp3) is 0.0476. The Labute approximate surface area is 189 Å². The fourth-order valence-corrected chi connectivity index (χ4v) is 4.41. The molecule has 1 aliphatic heterocycles. The van der Waals surface area contributed by atoms with E-state index < -0.39 is 22.6 Å². The lowest BCUT2D eigenvalue weighted by atomic mass is 10.2. The molecular formula is C21H12F3N3O3S2. The third-order valence-electron chi connectivity index (χ3n) is 4.62. The smallest absolute Gasteiger partial charge is 0.317 e. The maximum Gasteiger partial charge on any atom is 0.416 e. The Bertz CT molecular complexity index is 1270. The van der Waals surface area contributed by atoms with Crippen LogP contribution in [0.2, 0.25) is 0 Å². The summed E-state index contributed by atoms with van der Waals surface area (Å²) >= 11 is 6.23. The van der Waals surface area contributed by atoms with E-state index in [4.69, 9.17) is 12.2 Å². The molecular weight excluding hydrogens is 463 g/mol. The summed E-state index contributed by atoms with van der Waals surface area (Å²) in [5, 5.41) is 10.9. The first-order chi connectivity index (χ1) is 15.1. The number of alkyl halides is 3. The van der Waals surface area contributed by atoms with Gasteiger partial charge in [0.2, 0.25) is 0 Å². The van der Waals surface area contributed by atoms with Gasteiger partial charge in [0.1, 0.15) is 0 Å². The molecule has 1 aliphatic rings. The number of anilines is 1. The Morgan fingerprint density at radius 1 is 1.03 bits per heavy atom. The number of halogens is 3. The van der Waals surface area contributed by atoms with Crippen molar-refractivity contribution in [2.45, 2.75) is 6.18 Å². The van der Waals surface area contributed by atoms with E-state index in [0.717, 1.165) is 28.8 Å². The zero-order valence-corrected chi connectivity index (χ0v) is 17.6. The number of hydrogen-bond donors (Lipinski definition) is 0. The number of aromatic nitrogens is 1. The quantitative estimate of drug-likeness (QED) is 0.206. The first-order valence-corrected chi connectivity index (χ1v) is 10.2. The van der Waals surface area contributed by atoms with Gasteiger partial charge in [-0.05, 0) is 48.5 Å². The molecule has 0 aliphatic carbocycles. The van der Waals surface area contributed by atoms with Crippen molar-refractivity contribution in [2.75, 3.05) is 4.90 Å². The average molecular weight is 475 g/mol. The number of nitro groups is 1. The molecule has 0 N–H and O–H groups in total. The van der Waals surface area contributed by atoms with E-state index in [2.05, 4.69) is 0 Å². The summed E-state index contributed by atoms with van der Waals surface area (Å²) in [5.41, 5.74) is 0.351. The third kappa shape index (κ3) is 4.16. The van der Waals surface area contributed by atoms with Gasteiger partial charge in [-0.3, -0.25) is 19.8 Å². The second-order valence-corrected chi connectivity index (χ2v) is 8.32. The number of non-ortho nitro benzene ring substituents is 1. The standard InChI is InChI=1S/C21H12F3N3O3S2/c22-21(23,24)13-3-1-4-17(11-13)26-19(28)18(32-20(26)31)12-16-5-2-10-25(16)14-6-8-15(9-7-14)27(29)30/h1-12H/b18-12+. The summed E-state index contributed by atoms with van der Waals surface area (Å²) in [5.74, 6) is -0.532. The summed E-state index contributed by atoms with van der Waals surface area (Å²) in [6.07, 6.45) is -1.24. The molecule has 1 amide bonds. The fourth-order valence-electron chi connectivity index (χ4n) is 3.13. The van der Waals surface area contributed by atoms with Crippen molar-refractivity contribution >= 4 is 51.7 Å². The Kier molecular flexibility index (Phi) is 5.61. The van der Waals surface area contributed by atoms with Crippen molar-refractivity contribution in [1.29, 1.82) is 0 Å². The van der Waals surface area contributed by atoms with Crippen LogP contribution in [-0.4, -0.2) is 19.7 Å². The van der Waals surface area contributed by atoms with E-state index >= 15 is 0 Å². The van der Waals surface area contributed by atoms with Crippen LogP contribution < -0.4 is 4.90 Å². The van der Waals surface area contributed by atoms with Crippen LogP contribution in [0.25, 0.3) is 11.8 Å². The Balaban J connectivity index is 1.65. The van der Waals surface area contributed by atoms with Gasteiger partial charge < -0.3 is 4.57 Å². The number of thiocarbonyl (C=S) groups is 1. The van der Waals surface area contributed by atoms with E-state index in [9.17, 15) is 28.1 Å². The maximum atomic E-state index is 13.1. The zero-order chi connectivity index (χ0) is 23.0. The van der Waals surface area contributed by atoms with E-state index in [-0.39, 0.29) is 20.6 Å². The summed E-state index contributed by atoms with van der Waals surface area (Å²) in [6.45, 7) is 0. The molecule has 2 heterocycles. The number of rotatable bonds is 4. The summed E-state index contributed by atoms with van der Waals surface area (Å²) in [6, 6.07) is 13.8. The second kappa shape index (κ2) is 8.24. The molecule has 11 heteroatoms. The largest absolute Gasteiger partial charge is 0.416 e. The molecule has 4 rings (SSSR count). The molecule has 0 bridgehead atoms. The monoisotopic (exact) mass is 475 g/mol. The SMILES string of the molecule is O=C1/C(=C\c2cccn2-c2ccc([N+](=O)[O-])cc2)SC(=S)N1c1cccc(C(F)(F)F)c1. The molecule has 3 aromatic rings. The van der Waals surface area contributed by atoms with Crippen LogP contribution in [0.5, 0.6) is 0 Å². The maximum absolute atomic E-state index is 13.1. The van der Waals surface area contributed by atoms with E-state index in [1.807, 2.05) is 0 Å². The molecule has 1 saturated heterocycles. The van der Waals surface area contributed by atoms with Gasteiger partial charge in [0, 0.05) is 29.7 Å². The predicted octanol–water partition coefficient (Wildman–Crippen LogP) is 5.81. The lowest BCUT2D eigenvalue weighted by Crippen LogP contribution is -2.27. The van der Waals surface area contributed by atoms with Crippen LogP contribution in [0.3, 0.4) is 0 Å². The van der Waals surface area contributed by atoms with Crippen molar-refractivity contribution in [1.82, 2.24) is 4.57 Å². The number of carbonyl (C=O) groups excluding carboxylic acids is 1. The normalized spacial score (nSPS) is 15.6. The van der Waals surface area contributed by atoms with Gasteiger partial charge >= 0.3 is 6.18 Å². The van der Waals surface area contributed by atoms with Gasteiger partial charge in [-0.2, -0.15) is 13.2 Å². The minimum atomic E-state index is -4.54. The van der Waals surface area contributed by atoms with Crippen LogP contribution in [0.4, 0.5) is 24.5 Å². The Morgan fingerprint density at radius 3 is 2.41 bits per heavy atom. The molecule has 32 heavy (non-hydrogen) atoms. The van der Waals surface area contributed by atoms with Crippen molar-refractivity contribution in [3.63, 3.8) is 0 Å². The number of carbonyl (C=O) groups is 1. The molecule has 162 valence electrons. The Morgan fingerprint density at radius 2 is 1.75 bits per heavy atom. The van der Waals surface area contributed by atoms with Gasteiger partial charge in [0.05, 0.1) is 21.1 Å². The highest BCUT2D eigenvalue weighted by Crippen LogP contribution is 2.38. The molecule has 0 atom stereocenters. The molecule has 0 spiro atoms. The Hall–Kier alpha value is -3.44. The van der Waals surface area contributed by atoms with Crippen molar-refractivity contribution in [3.8, 4) is 5.69 Å². The van der Waals surface area contributed by atoms with Gasteiger partial charge in [-0.25, -0.2) is 0 Å². The summed E-state index contributed by atoms with van der Waals surface area (Å²) in [7, 11) is 0. The molecule has 0 saturated carbocycles. The molecule has 6 nitrogen and oxygen atoms in total. The minimum Gasteiger partial charge on any atom is -0.317 e. The van der Waals surface area contributed by atoms with Gasteiger partial charge in [-0.15, -0.1) is 0 Å². The number of nitrogens with zero attached hydrogens (tertiary/aromatic N) is 3. The zero-order valence-electron chi connectivity index (χ0n) is 15.9. The first kappa shape index (κ1) is 21.8. The van der Waals surface area contributed by atoms with Gasteiger partial charge in [0.15, 0.2) is 4.32 Å². The van der Waals surface area contributed by atoms with Gasteiger partial charge in [-0.1, -0.05) is 30.0 Å². The van der Waals surface area contributed by atoms with Crippen LogP contribution in [-0.2, 0) is 11.0 Å². The number of benzene rings is 2. The van der Waals surface area contributed by atoms with Crippen LogP contribution in [0.1, 0.15) is 11.3 Å². The van der Waals surface area contributed by atoms with Crippen molar-refractivity contribution in [3.05, 3.63) is 93.1 Å². The van der Waals surface area contributed by atoms with Crippen LogP contribution in [0, 0.1) is 10.1 Å². The number of hydrogen-bond acceptors (Lipinski definition) is 5. The third-order valence-corrected chi connectivity index (χ3v) is 5.93. The summed E-state index contributed by atoms with van der Waals surface area (Å²) < 4.78 is 41.0. The highest BCUT2D eigenvalue weighted by molar-refractivity contribution is 8.27. The van der Waals surface area contributed by atoms with E-state index in [1.165, 1.54) is 24.3 Å². The predicted molar refractivity (Wildman–Crippen MR) is 120 cm³/mol. The van der Waals surface area contributed by atoms with E-state index in [1.54, 1.807) is 41.1 Å². The van der Waals surface area contributed by atoms with Gasteiger partial charge in [0.25, 0.3) is 11.6 Å². The second-order valence-electron chi connectivity index (χ2n) is 6.64. The number of nitro benzene ring substituents is 1. The first-order valence-electron chi connectivity index (χ1n) is 9.02. The lowest BCUT2D eigenvalue weighted by Gasteiger charge is -2.16. The van der Waals surface area contributed by atoms with Crippen molar-refractivity contribution < 1.29 is 22.9 Å². The highest BCUT2D eigenvalue weighted by atomic mass is 32.2. The highest BCUT2D eigenvalue weighted by Gasteiger charge is 2.36. The van der Waals surface area contributed by atoms with E-state index in [0.29, 0.717) is 11.4 Å². The van der Waals surface area contributed by atoms with Crippen molar-refractivity contribution in [2.24, 2.45) is 0 Å². The molecule has 1 aromatic heterocycles. The van der Waals surface area contributed by atoms with Crippen LogP contribution in [0.15, 0.2) is 71.8 Å². The average Bonchev–Trinajstić information content (AvgIpc) is 3.32. The number of amides is 1.